The summed E-state index contributed by atoms with van der Waals surface area (Å²) in [5.41, 5.74) is 3.65. The fourth-order valence-corrected chi connectivity index (χ4v) is 4.89. The highest BCUT2D eigenvalue weighted by molar-refractivity contribution is 7.16. The molecule has 0 radical (unpaired) electrons. The summed E-state index contributed by atoms with van der Waals surface area (Å²) < 4.78 is 0. The highest BCUT2D eigenvalue weighted by Gasteiger charge is 2.18. The van der Waals surface area contributed by atoms with Gasteiger partial charge in [-0.1, -0.05) is 29.3 Å². The fraction of sp³-hybridized carbons (Fsp3) is 0.150. The van der Waals surface area contributed by atoms with E-state index < -0.39 is 0 Å². The smallest absolute Gasteiger partial charge is 0.257 e. The Morgan fingerprint density at radius 1 is 1.10 bits per heavy atom. The Labute approximate surface area is 180 Å². The Morgan fingerprint density at radius 3 is 2.72 bits per heavy atom. The third-order valence-electron chi connectivity index (χ3n) is 4.77. The summed E-state index contributed by atoms with van der Waals surface area (Å²) in [6, 6.07) is 10.6. The molecule has 9 heteroatoms. The second kappa shape index (κ2) is 7.33. The number of H-pyrrole nitrogens is 1. The number of carbonyl (C=O) groups excluding carboxylic acids is 1. The number of hydrogen-bond acceptors (Lipinski definition) is 5. The molecule has 4 aromatic rings. The molecule has 0 fully saturated rings. The van der Waals surface area contributed by atoms with Gasteiger partial charge in [0.2, 0.25) is 5.95 Å². The predicted octanol–water partition coefficient (Wildman–Crippen LogP) is 5.81. The van der Waals surface area contributed by atoms with E-state index in [2.05, 4.69) is 25.6 Å². The number of nitrogens with zero attached hydrogens (tertiary/aromatic N) is 2. The van der Waals surface area contributed by atoms with Gasteiger partial charge in [-0.05, 0) is 49.6 Å². The average molecular weight is 444 g/mol. The molecule has 29 heavy (non-hydrogen) atoms. The maximum absolute atomic E-state index is 12.6. The van der Waals surface area contributed by atoms with Crippen molar-refractivity contribution in [3.05, 3.63) is 62.6 Å². The van der Waals surface area contributed by atoms with Crippen molar-refractivity contribution in [1.82, 2.24) is 15.0 Å². The lowest BCUT2D eigenvalue weighted by Crippen LogP contribution is -2.11. The minimum atomic E-state index is -0.203. The molecule has 6 nitrogen and oxygen atoms in total. The summed E-state index contributed by atoms with van der Waals surface area (Å²) in [5, 5.41) is 7.63. The minimum Gasteiger partial charge on any atom is -0.324 e. The van der Waals surface area contributed by atoms with Crippen LogP contribution in [0.3, 0.4) is 0 Å². The van der Waals surface area contributed by atoms with Gasteiger partial charge in [-0.3, -0.25) is 10.1 Å². The third kappa shape index (κ3) is 3.57. The van der Waals surface area contributed by atoms with Gasteiger partial charge >= 0.3 is 0 Å². The zero-order valence-corrected chi connectivity index (χ0v) is 17.4. The van der Waals surface area contributed by atoms with E-state index in [1.807, 2.05) is 6.07 Å². The topological polar surface area (TPSA) is 82.7 Å². The van der Waals surface area contributed by atoms with E-state index in [0.717, 1.165) is 30.5 Å². The summed E-state index contributed by atoms with van der Waals surface area (Å²) in [5.74, 6) is 0.287. The molecule has 1 aliphatic rings. The molecule has 2 heterocycles. The Hall–Kier alpha value is -2.61. The number of imidazole rings is 1. The molecule has 3 N–H and O–H groups in total. The van der Waals surface area contributed by atoms with Crippen molar-refractivity contribution >= 4 is 68.2 Å². The molecule has 5 rings (SSSR count). The van der Waals surface area contributed by atoms with Crippen LogP contribution in [0.25, 0.3) is 11.0 Å². The highest BCUT2D eigenvalue weighted by atomic mass is 35.5. The number of hydrogen-bond donors (Lipinski definition) is 3. The third-order valence-corrected chi connectivity index (χ3v) is 6.47. The molecule has 0 saturated heterocycles. The number of fused-ring (bicyclic) bond motifs is 2. The first-order chi connectivity index (χ1) is 14.1. The highest BCUT2D eigenvalue weighted by Crippen LogP contribution is 2.33. The SMILES string of the molecule is O=C(Nc1nc2c(s1)CCC2)c1ccc2[nH]c(Nc3c(Cl)cccc3Cl)nc2c1. The van der Waals surface area contributed by atoms with Crippen molar-refractivity contribution in [1.29, 1.82) is 0 Å². The molecular weight excluding hydrogens is 429 g/mol. The van der Waals surface area contributed by atoms with Crippen LogP contribution >= 0.6 is 34.5 Å². The molecular formula is C20H15Cl2N5OS. The molecule has 0 unspecified atom stereocenters. The van der Waals surface area contributed by atoms with E-state index in [0.29, 0.717) is 37.9 Å². The van der Waals surface area contributed by atoms with Gasteiger partial charge in [0.05, 0.1) is 32.5 Å². The lowest BCUT2D eigenvalue weighted by Gasteiger charge is -2.06. The Kier molecular flexibility index (Phi) is 4.66. The second-order valence-corrected chi connectivity index (χ2v) is 8.63. The van der Waals surface area contributed by atoms with Crippen molar-refractivity contribution in [2.24, 2.45) is 0 Å². The lowest BCUT2D eigenvalue weighted by atomic mass is 10.2. The summed E-state index contributed by atoms with van der Waals surface area (Å²) in [7, 11) is 0. The molecule has 0 spiro atoms. The molecule has 0 aliphatic heterocycles. The van der Waals surface area contributed by atoms with Gasteiger partial charge in [-0.15, -0.1) is 11.3 Å². The largest absolute Gasteiger partial charge is 0.324 e. The van der Waals surface area contributed by atoms with E-state index in [9.17, 15) is 4.79 Å². The number of aryl methyl sites for hydroxylation is 2. The summed E-state index contributed by atoms with van der Waals surface area (Å²) in [6.07, 6.45) is 3.19. The molecule has 146 valence electrons. The number of rotatable bonds is 4. The van der Waals surface area contributed by atoms with Crippen LogP contribution in [-0.2, 0) is 12.8 Å². The number of benzene rings is 2. The first kappa shape index (κ1) is 18.4. The number of amides is 1. The fourth-order valence-electron chi connectivity index (χ4n) is 3.36. The summed E-state index contributed by atoms with van der Waals surface area (Å²) in [6.45, 7) is 0. The van der Waals surface area contributed by atoms with Crippen LogP contribution < -0.4 is 10.6 Å². The minimum absolute atomic E-state index is 0.203. The maximum atomic E-state index is 12.6. The monoisotopic (exact) mass is 443 g/mol. The van der Waals surface area contributed by atoms with Crippen LogP contribution in [0.4, 0.5) is 16.8 Å². The van der Waals surface area contributed by atoms with Crippen molar-refractivity contribution in [2.45, 2.75) is 19.3 Å². The van der Waals surface area contributed by atoms with Gasteiger partial charge in [-0.25, -0.2) is 9.97 Å². The van der Waals surface area contributed by atoms with Gasteiger partial charge in [-0.2, -0.15) is 0 Å². The van der Waals surface area contributed by atoms with Crippen molar-refractivity contribution in [3.8, 4) is 0 Å². The number of nitrogens with one attached hydrogen (secondary N) is 3. The molecule has 0 bridgehead atoms. The molecule has 0 atom stereocenters. The number of aromatic amines is 1. The second-order valence-electron chi connectivity index (χ2n) is 6.74. The molecule has 0 saturated carbocycles. The van der Waals surface area contributed by atoms with E-state index in [1.54, 1.807) is 41.7 Å². The molecule has 2 aromatic carbocycles. The van der Waals surface area contributed by atoms with Crippen LogP contribution in [0.5, 0.6) is 0 Å². The van der Waals surface area contributed by atoms with Crippen molar-refractivity contribution in [3.63, 3.8) is 0 Å². The maximum Gasteiger partial charge on any atom is 0.257 e. The van der Waals surface area contributed by atoms with Crippen LogP contribution in [0.15, 0.2) is 36.4 Å². The van der Waals surface area contributed by atoms with Crippen LogP contribution in [0.1, 0.15) is 27.3 Å². The van der Waals surface area contributed by atoms with E-state index in [1.165, 1.54) is 4.88 Å². The van der Waals surface area contributed by atoms with Crippen molar-refractivity contribution in [2.75, 3.05) is 10.6 Å². The van der Waals surface area contributed by atoms with Gasteiger partial charge in [0.25, 0.3) is 5.91 Å². The quantitative estimate of drug-likeness (QED) is 0.371. The first-order valence-corrected chi connectivity index (χ1v) is 10.6. The van der Waals surface area contributed by atoms with Gasteiger partial charge in [0.1, 0.15) is 0 Å². The molecule has 1 aliphatic carbocycles. The van der Waals surface area contributed by atoms with Crippen LogP contribution in [-0.4, -0.2) is 20.9 Å². The molecule has 1 amide bonds. The van der Waals surface area contributed by atoms with E-state index in [4.69, 9.17) is 23.2 Å². The number of para-hydroxylation sites is 1. The van der Waals surface area contributed by atoms with Gasteiger partial charge in [0, 0.05) is 10.4 Å². The summed E-state index contributed by atoms with van der Waals surface area (Å²) >= 11 is 14.0. The predicted molar refractivity (Wildman–Crippen MR) is 118 cm³/mol. The number of thiazole rings is 1. The Morgan fingerprint density at radius 2 is 1.93 bits per heavy atom. The van der Waals surface area contributed by atoms with E-state index >= 15 is 0 Å². The standard InChI is InChI=1S/C20H15Cl2N5OS/c21-11-3-1-4-12(22)17(11)26-19-23-13-8-7-10(9-15(13)24-19)18(28)27-20-25-14-5-2-6-16(14)29-20/h1,3-4,7-9H,2,5-6H2,(H2,23,24,26)(H,25,27,28). The average Bonchev–Trinajstić information content (AvgIpc) is 3.38. The van der Waals surface area contributed by atoms with E-state index in [-0.39, 0.29) is 5.91 Å². The first-order valence-electron chi connectivity index (χ1n) is 9.07. The van der Waals surface area contributed by atoms with Crippen LogP contribution in [0.2, 0.25) is 10.0 Å². The lowest BCUT2D eigenvalue weighted by molar-refractivity contribution is 0.102. The van der Waals surface area contributed by atoms with Gasteiger partial charge < -0.3 is 10.3 Å². The normalized spacial score (nSPS) is 12.9. The Balaban J connectivity index is 1.38. The van der Waals surface area contributed by atoms with Crippen molar-refractivity contribution < 1.29 is 4.79 Å². The van der Waals surface area contributed by atoms with Crippen LogP contribution in [0, 0.1) is 0 Å². The zero-order chi connectivity index (χ0) is 20.0. The molecule has 2 aromatic heterocycles. The zero-order valence-electron chi connectivity index (χ0n) is 15.1. The Bertz CT molecular complexity index is 1210. The number of aromatic nitrogens is 3. The summed E-state index contributed by atoms with van der Waals surface area (Å²) in [4.78, 5) is 26.1. The number of halogens is 2. The number of carbonyl (C=O) groups is 1. The number of anilines is 3. The van der Waals surface area contributed by atoms with Gasteiger partial charge in [0.15, 0.2) is 5.13 Å².